The Morgan fingerprint density at radius 3 is 1.83 bits per heavy atom. The van der Waals surface area contributed by atoms with Gasteiger partial charge in [0.25, 0.3) is 0 Å². The Labute approximate surface area is 209 Å². The summed E-state index contributed by atoms with van der Waals surface area (Å²) < 4.78 is 55.9. The number of aliphatic carboxylic acids is 1. The van der Waals surface area contributed by atoms with E-state index in [1.54, 1.807) is 31.4 Å². The molecule has 0 heterocycles. The molecule has 36 heavy (non-hydrogen) atoms. The van der Waals surface area contributed by atoms with Gasteiger partial charge in [0.15, 0.2) is 9.84 Å². The summed E-state index contributed by atoms with van der Waals surface area (Å²) in [6.45, 7) is -0.311. The fourth-order valence-electron chi connectivity index (χ4n) is 3.30. The molecule has 0 radical (unpaired) electrons. The first-order valence-corrected chi connectivity index (χ1v) is 14.0. The summed E-state index contributed by atoms with van der Waals surface area (Å²) in [6.07, 6.45) is -0.569. The first kappa shape index (κ1) is 27.1. The quantitative estimate of drug-likeness (QED) is 0.288. The van der Waals surface area contributed by atoms with E-state index >= 15 is 0 Å². The molecule has 10 nitrogen and oxygen atoms in total. The number of hydrogen-bond acceptors (Lipinski definition) is 8. The minimum absolute atomic E-state index is 0.0998. The minimum atomic E-state index is -4.27. The second kappa shape index (κ2) is 11.1. The van der Waals surface area contributed by atoms with Gasteiger partial charge in [0.1, 0.15) is 11.8 Å². The number of sulfonamides is 1. The monoisotopic (exact) mass is 534 g/mol. The Morgan fingerprint density at radius 2 is 1.36 bits per heavy atom. The van der Waals surface area contributed by atoms with E-state index in [2.05, 4.69) is 5.32 Å². The van der Waals surface area contributed by atoms with Crippen LogP contribution in [0.3, 0.4) is 0 Å². The number of anilines is 1. The molecule has 3 aromatic rings. The number of nitrogens with one attached hydrogen (secondary N) is 2. The highest BCUT2D eigenvalue weighted by atomic mass is 32.2. The Bertz CT molecular complexity index is 1400. The molecule has 0 unspecified atom stereocenters. The largest absolute Gasteiger partial charge is 0.497 e. The summed E-state index contributed by atoms with van der Waals surface area (Å²) in [5.74, 6) is -0.879. The van der Waals surface area contributed by atoms with Crippen molar-refractivity contribution in [3.8, 4) is 16.9 Å². The average molecular weight is 535 g/mol. The molecule has 0 spiro atoms. The molecular formula is C24H26N2O8S2. The predicted octanol–water partition coefficient (Wildman–Crippen LogP) is 1.97. The average Bonchev–Trinajstić information content (AvgIpc) is 2.85. The Hall–Kier alpha value is -3.45. The van der Waals surface area contributed by atoms with Gasteiger partial charge in [-0.3, -0.25) is 4.79 Å². The van der Waals surface area contributed by atoms with Crippen molar-refractivity contribution in [1.29, 1.82) is 0 Å². The molecule has 0 saturated carbocycles. The molecule has 192 valence electrons. The number of carbonyl (C=O) groups is 1. The minimum Gasteiger partial charge on any atom is -0.497 e. The topological polar surface area (TPSA) is 159 Å². The molecule has 0 bridgehead atoms. The van der Waals surface area contributed by atoms with Crippen molar-refractivity contribution in [1.82, 2.24) is 4.72 Å². The number of carboxylic acid groups (broad SMARTS) is 1. The Kier molecular flexibility index (Phi) is 8.35. The van der Waals surface area contributed by atoms with Gasteiger partial charge in [0, 0.05) is 18.5 Å². The molecule has 0 fully saturated rings. The normalized spacial score (nSPS) is 13.5. The van der Waals surface area contributed by atoms with E-state index in [0.29, 0.717) is 11.4 Å². The van der Waals surface area contributed by atoms with Gasteiger partial charge >= 0.3 is 5.97 Å². The van der Waals surface area contributed by atoms with Gasteiger partial charge in [0.05, 0.1) is 23.0 Å². The number of aliphatic hydroxyl groups excluding tert-OH is 1. The lowest BCUT2D eigenvalue weighted by Crippen LogP contribution is -2.50. The van der Waals surface area contributed by atoms with Crippen LogP contribution in [0.4, 0.5) is 5.69 Å². The van der Waals surface area contributed by atoms with Crippen molar-refractivity contribution < 1.29 is 36.6 Å². The predicted molar refractivity (Wildman–Crippen MR) is 134 cm³/mol. The van der Waals surface area contributed by atoms with Crippen LogP contribution in [-0.2, 0) is 24.7 Å². The van der Waals surface area contributed by atoms with Crippen LogP contribution in [0, 0.1) is 0 Å². The number of hydrogen-bond donors (Lipinski definition) is 4. The molecule has 0 amide bonds. The zero-order valence-corrected chi connectivity index (χ0v) is 21.1. The molecule has 0 aromatic heterocycles. The van der Waals surface area contributed by atoms with E-state index in [1.807, 2.05) is 16.9 Å². The zero-order chi connectivity index (χ0) is 26.5. The Balaban J connectivity index is 1.68. The standard InChI is InChI=1S/C24H26N2O8S2/c1-34-19-9-3-16(4-10-19)17-5-11-21(12-6-17)36(32,33)26-23(24(28)29)22(27)15-25-18-7-13-20(14-8-18)35(2,30)31/h3-14,22-23,25-27H,15H2,1-2H3,(H,28,29)/t22-,23-/m1/s1. The number of rotatable bonds is 11. The number of ether oxygens (including phenoxy) is 1. The summed E-state index contributed by atoms with van der Waals surface area (Å²) in [7, 11) is -6.10. The van der Waals surface area contributed by atoms with Crippen LogP contribution in [0.2, 0.25) is 0 Å². The highest BCUT2D eigenvalue weighted by molar-refractivity contribution is 7.90. The smallest absolute Gasteiger partial charge is 0.324 e. The second-order valence-electron chi connectivity index (χ2n) is 7.93. The van der Waals surface area contributed by atoms with Gasteiger partial charge in [-0.15, -0.1) is 0 Å². The Morgan fingerprint density at radius 1 is 0.861 bits per heavy atom. The fourth-order valence-corrected chi connectivity index (χ4v) is 5.15. The number of sulfone groups is 1. The van der Waals surface area contributed by atoms with Crippen LogP contribution < -0.4 is 14.8 Å². The van der Waals surface area contributed by atoms with Gasteiger partial charge in [-0.2, -0.15) is 4.72 Å². The molecule has 4 N–H and O–H groups in total. The molecule has 0 aliphatic rings. The van der Waals surface area contributed by atoms with Crippen molar-refractivity contribution in [2.24, 2.45) is 0 Å². The van der Waals surface area contributed by atoms with E-state index in [4.69, 9.17) is 4.74 Å². The fraction of sp³-hybridized carbons (Fsp3) is 0.208. The summed E-state index contributed by atoms with van der Waals surface area (Å²) in [5, 5.41) is 22.7. The maximum atomic E-state index is 12.8. The zero-order valence-electron chi connectivity index (χ0n) is 19.5. The van der Waals surface area contributed by atoms with E-state index in [1.165, 1.54) is 36.4 Å². The molecule has 0 saturated heterocycles. The molecule has 0 aliphatic heterocycles. The summed E-state index contributed by atoms with van der Waals surface area (Å²) in [4.78, 5) is 11.7. The molecule has 3 aromatic carbocycles. The maximum absolute atomic E-state index is 12.8. The van der Waals surface area contributed by atoms with Gasteiger partial charge in [0.2, 0.25) is 10.0 Å². The lowest BCUT2D eigenvalue weighted by Gasteiger charge is -2.21. The lowest BCUT2D eigenvalue weighted by molar-refractivity contribution is -0.141. The number of benzene rings is 3. The third-order valence-electron chi connectivity index (χ3n) is 5.32. The third-order valence-corrected chi connectivity index (χ3v) is 7.90. The summed E-state index contributed by atoms with van der Waals surface area (Å²) in [6, 6.07) is 16.8. The van der Waals surface area contributed by atoms with E-state index in [-0.39, 0.29) is 16.3 Å². The van der Waals surface area contributed by atoms with Crippen molar-refractivity contribution in [2.45, 2.75) is 21.9 Å². The molecule has 3 rings (SSSR count). The number of methoxy groups -OCH3 is 1. The van der Waals surface area contributed by atoms with Crippen LogP contribution in [0.25, 0.3) is 11.1 Å². The van der Waals surface area contributed by atoms with E-state index < -0.39 is 38.0 Å². The number of carboxylic acids is 1. The van der Waals surface area contributed by atoms with Crippen LogP contribution in [0.15, 0.2) is 82.6 Å². The molecular weight excluding hydrogens is 508 g/mol. The first-order valence-electron chi connectivity index (χ1n) is 10.6. The second-order valence-corrected chi connectivity index (χ2v) is 11.7. The highest BCUT2D eigenvalue weighted by Gasteiger charge is 2.31. The molecule has 12 heteroatoms. The van der Waals surface area contributed by atoms with E-state index in [0.717, 1.165) is 17.4 Å². The summed E-state index contributed by atoms with van der Waals surface area (Å²) in [5.41, 5.74) is 2.00. The first-order chi connectivity index (χ1) is 16.9. The van der Waals surface area contributed by atoms with Crippen molar-refractivity contribution in [2.75, 3.05) is 25.2 Å². The summed E-state index contributed by atoms with van der Waals surface area (Å²) >= 11 is 0. The number of aliphatic hydroxyl groups is 1. The van der Waals surface area contributed by atoms with Crippen LogP contribution in [-0.4, -0.2) is 65.1 Å². The van der Waals surface area contributed by atoms with Gasteiger partial charge in [-0.1, -0.05) is 24.3 Å². The van der Waals surface area contributed by atoms with Crippen LogP contribution in [0.1, 0.15) is 0 Å². The van der Waals surface area contributed by atoms with Crippen molar-refractivity contribution in [3.63, 3.8) is 0 Å². The highest BCUT2D eigenvalue weighted by Crippen LogP contribution is 2.24. The van der Waals surface area contributed by atoms with Crippen molar-refractivity contribution in [3.05, 3.63) is 72.8 Å². The van der Waals surface area contributed by atoms with Crippen LogP contribution >= 0.6 is 0 Å². The lowest BCUT2D eigenvalue weighted by atomic mass is 10.1. The van der Waals surface area contributed by atoms with E-state index in [9.17, 15) is 31.8 Å². The third kappa shape index (κ3) is 6.82. The molecule has 0 aliphatic carbocycles. The van der Waals surface area contributed by atoms with Crippen molar-refractivity contribution >= 4 is 31.5 Å². The maximum Gasteiger partial charge on any atom is 0.324 e. The van der Waals surface area contributed by atoms with Gasteiger partial charge in [-0.25, -0.2) is 16.8 Å². The van der Waals surface area contributed by atoms with Crippen LogP contribution in [0.5, 0.6) is 5.75 Å². The van der Waals surface area contributed by atoms with Gasteiger partial charge in [-0.05, 0) is 59.7 Å². The SMILES string of the molecule is COc1ccc(-c2ccc(S(=O)(=O)N[C@@H](C(=O)O)[C@H](O)CNc3ccc(S(C)(=O)=O)cc3)cc2)cc1. The molecule has 2 atom stereocenters. The van der Waals surface area contributed by atoms with Gasteiger partial charge < -0.3 is 20.3 Å².